The zero-order chi connectivity index (χ0) is 15.2. The molecule has 2 atom stereocenters. The Morgan fingerprint density at radius 2 is 2.00 bits per heavy atom. The van der Waals surface area contributed by atoms with Crippen LogP contribution < -0.4 is 4.72 Å². The summed E-state index contributed by atoms with van der Waals surface area (Å²) in [6.07, 6.45) is 6.35. The molecule has 0 saturated heterocycles. The van der Waals surface area contributed by atoms with Crippen molar-refractivity contribution in [2.75, 3.05) is 0 Å². The van der Waals surface area contributed by atoms with Gasteiger partial charge >= 0.3 is 0 Å². The summed E-state index contributed by atoms with van der Waals surface area (Å²) >= 11 is 0. The van der Waals surface area contributed by atoms with Crippen LogP contribution in [0.2, 0.25) is 0 Å². The van der Waals surface area contributed by atoms with Gasteiger partial charge in [0.2, 0.25) is 0 Å². The van der Waals surface area contributed by atoms with Crippen molar-refractivity contribution in [2.24, 2.45) is 0 Å². The van der Waals surface area contributed by atoms with E-state index < -0.39 is 11.0 Å². The first kappa shape index (κ1) is 16.1. The zero-order valence-corrected chi connectivity index (χ0v) is 13.5. The van der Waals surface area contributed by atoms with Crippen molar-refractivity contribution in [3.63, 3.8) is 0 Å². The van der Waals surface area contributed by atoms with Gasteiger partial charge in [0.15, 0.2) is 5.78 Å². The molecule has 0 spiro atoms. The van der Waals surface area contributed by atoms with E-state index in [1.807, 2.05) is 37.3 Å². The normalized spacial score (nSPS) is 17.6. The Hall–Kier alpha value is -1.26. The fourth-order valence-corrected chi connectivity index (χ4v) is 3.52. The van der Waals surface area contributed by atoms with Gasteiger partial charge in [0, 0.05) is 18.0 Å². The molecule has 0 heterocycles. The number of unbranched alkanes of at least 4 members (excludes halogenated alkanes) is 1. The molecule has 1 aliphatic carbocycles. The van der Waals surface area contributed by atoms with Gasteiger partial charge in [-0.2, -0.15) is 0 Å². The van der Waals surface area contributed by atoms with Gasteiger partial charge in [-0.3, -0.25) is 4.79 Å². The molecule has 0 fully saturated rings. The molecular formula is C17H23NO2S. The van der Waals surface area contributed by atoms with Gasteiger partial charge < -0.3 is 0 Å². The fourth-order valence-electron chi connectivity index (χ4n) is 2.50. The van der Waals surface area contributed by atoms with Gasteiger partial charge in [0.05, 0.1) is 4.90 Å². The number of carbonyl (C=O) groups excluding carboxylic acids is 1. The number of Topliss-reactive ketones (excluding diaryl/α,β-unsaturated/α-hetero) is 1. The summed E-state index contributed by atoms with van der Waals surface area (Å²) < 4.78 is 15.6. The quantitative estimate of drug-likeness (QED) is 0.838. The largest absolute Gasteiger partial charge is 0.294 e. The smallest absolute Gasteiger partial charge is 0.160 e. The number of allylic oxidation sites excluding steroid dienone is 1. The van der Waals surface area contributed by atoms with Crippen LogP contribution in [0.1, 0.15) is 44.6 Å². The number of rotatable bonds is 7. The Bertz CT molecular complexity index is 548. The van der Waals surface area contributed by atoms with Crippen LogP contribution in [0.4, 0.5) is 0 Å². The lowest BCUT2D eigenvalue weighted by molar-refractivity contribution is -0.115. The first-order valence-corrected chi connectivity index (χ1v) is 8.74. The van der Waals surface area contributed by atoms with Crippen LogP contribution in [0.5, 0.6) is 0 Å². The van der Waals surface area contributed by atoms with Crippen molar-refractivity contribution >= 4 is 16.8 Å². The standard InChI is InChI=1S/C17H23NO2S/c1-3-4-7-16(15-6-5-8-17(15)19)18-21(20)14-11-9-13(2)10-12-14/h6,9-12,16,18H,3-5,7-8H2,1-2H3/t16-,21?/m0/s1. The van der Waals surface area contributed by atoms with E-state index in [-0.39, 0.29) is 11.8 Å². The molecule has 0 amide bonds. The number of carbonyl (C=O) groups is 1. The summed E-state index contributed by atoms with van der Waals surface area (Å²) in [5.41, 5.74) is 1.97. The minimum Gasteiger partial charge on any atom is -0.294 e. The third-order valence-electron chi connectivity index (χ3n) is 3.76. The third kappa shape index (κ3) is 4.35. The highest BCUT2D eigenvalue weighted by Crippen LogP contribution is 2.22. The zero-order valence-electron chi connectivity index (χ0n) is 12.7. The van der Waals surface area contributed by atoms with E-state index in [4.69, 9.17) is 0 Å². The van der Waals surface area contributed by atoms with Gasteiger partial charge in [0.1, 0.15) is 11.0 Å². The Morgan fingerprint density at radius 1 is 1.29 bits per heavy atom. The monoisotopic (exact) mass is 305 g/mol. The SMILES string of the molecule is CCCC[C@H](NS(=O)c1ccc(C)cc1)C1=CCCC1=O. The minimum absolute atomic E-state index is 0.0953. The molecule has 0 saturated carbocycles. The van der Waals surface area contributed by atoms with Crippen molar-refractivity contribution in [1.82, 2.24) is 4.72 Å². The molecule has 0 bridgehead atoms. The average molecular weight is 305 g/mol. The van der Waals surface area contributed by atoms with Crippen LogP contribution in [0.15, 0.2) is 40.8 Å². The maximum absolute atomic E-state index is 12.5. The van der Waals surface area contributed by atoms with Gasteiger partial charge in [-0.1, -0.05) is 43.5 Å². The lowest BCUT2D eigenvalue weighted by Gasteiger charge is -2.18. The van der Waals surface area contributed by atoms with E-state index in [0.29, 0.717) is 6.42 Å². The summed E-state index contributed by atoms with van der Waals surface area (Å²) in [5.74, 6) is 0.199. The average Bonchev–Trinajstić information content (AvgIpc) is 2.90. The molecule has 114 valence electrons. The summed E-state index contributed by atoms with van der Waals surface area (Å²) in [6, 6.07) is 7.56. The second kappa shape index (κ2) is 7.66. The fraction of sp³-hybridized carbons (Fsp3) is 0.471. The van der Waals surface area contributed by atoms with Gasteiger partial charge in [0.25, 0.3) is 0 Å². The molecular weight excluding hydrogens is 282 g/mol. The van der Waals surface area contributed by atoms with Crippen LogP contribution in [0, 0.1) is 6.92 Å². The molecule has 0 aliphatic heterocycles. The number of benzene rings is 1. The van der Waals surface area contributed by atoms with Gasteiger partial charge in [-0.25, -0.2) is 8.93 Å². The number of nitrogens with one attached hydrogen (secondary N) is 1. The maximum Gasteiger partial charge on any atom is 0.160 e. The number of hydrogen-bond acceptors (Lipinski definition) is 2. The van der Waals surface area contributed by atoms with Crippen molar-refractivity contribution in [1.29, 1.82) is 0 Å². The van der Waals surface area contributed by atoms with Crippen molar-refractivity contribution in [2.45, 2.75) is 56.9 Å². The summed E-state index contributed by atoms with van der Waals surface area (Å²) in [6.45, 7) is 4.13. The van der Waals surface area contributed by atoms with Crippen molar-refractivity contribution in [3.8, 4) is 0 Å². The van der Waals surface area contributed by atoms with Crippen LogP contribution in [0.25, 0.3) is 0 Å². The highest BCUT2D eigenvalue weighted by molar-refractivity contribution is 7.83. The number of hydrogen-bond donors (Lipinski definition) is 1. The van der Waals surface area contributed by atoms with Crippen LogP contribution in [0.3, 0.4) is 0 Å². The minimum atomic E-state index is -1.28. The molecule has 1 unspecified atom stereocenters. The van der Waals surface area contributed by atoms with E-state index in [1.165, 1.54) is 0 Å². The van der Waals surface area contributed by atoms with E-state index in [9.17, 15) is 9.00 Å². The molecule has 1 N–H and O–H groups in total. The Labute approximate surface area is 129 Å². The number of ketones is 1. The number of aryl methyl sites for hydroxylation is 1. The lowest BCUT2D eigenvalue weighted by atomic mass is 10.0. The highest BCUT2D eigenvalue weighted by atomic mass is 32.2. The second-order valence-corrected chi connectivity index (χ2v) is 6.76. The van der Waals surface area contributed by atoms with Crippen LogP contribution in [-0.2, 0) is 15.8 Å². The molecule has 3 nitrogen and oxygen atoms in total. The van der Waals surface area contributed by atoms with E-state index in [1.54, 1.807) is 0 Å². The Kier molecular flexibility index (Phi) is 5.88. The summed E-state index contributed by atoms with van der Waals surface area (Å²) in [7, 11) is -1.28. The van der Waals surface area contributed by atoms with E-state index in [2.05, 4.69) is 11.6 Å². The van der Waals surface area contributed by atoms with E-state index >= 15 is 0 Å². The Morgan fingerprint density at radius 3 is 2.57 bits per heavy atom. The van der Waals surface area contributed by atoms with Crippen LogP contribution >= 0.6 is 0 Å². The molecule has 4 heteroatoms. The topological polar surface area (TPSA) is 46.2 Å². The highest BCUT2D eigenvalue weighted by Gasteiger charge is 2.25. The molecule has 0 radical (unpaired) electrons. The molecule has 1 aliphatic rings. The predicted octanol–water partition coefficient (Wildman–Crippen LogP) is 3.46. The lowest BCUT2D eigenvalue weighted by Crippen LogP contribution is -2.34. The predicted molar refractivity (Wildman–Crippen MR) is 86.4 cm³/mol. The van der Waals surface area contributed by atoms with Crippen LogP contribution in [-0.4, -0.2) is 16.0 Å². The molecule has 21 heavy (non-hydrogen) atoms. The summed E-state index contributed by atoms with van der Waals surface area (Å²) in [4.78, 5) is 12.7. The van der Waals surface area contributed by atoms with Crippen molar-refractivity contribution < 1.29 is 9.00 Å². The van der Waals surface area contributed by atoms with Crippen molar-refractivity contribution in [3.05, 3.63) is 41.5 Å². The summed E-state index contributed by atoms with van der Waals surface area (Å²) in [5, 5.41) is 0. The third-order valence-corrected chi connectivity index (χ3v) is 4.96. The Balaban J connectivity index is 2.09. The second-order valence-electron chi connectivity index (χ2n) is 5.52. The molecule has 1 aromatic rings. The first-order chi connectivity index (χ1) is 10.1. The molecule has 0 aromatic heterocycles. The molecule has 1 aromatic carbocycles. The first-order valence-electron chi connectivity index (χ1n) is 7.59. The maximum atomic E-state index is 12.5. The van der Waals surface area contributed by atoms with Gasteiger partial charge in [-0.05, 0) is 31.9 Å². The van der Waals surface area contributed by atoms with E-state index in [0.717, 1.165) is 41.7 Å². The molecule has 2 rings (SSSR count). The van der Waals surface area contributed by atoms with Gasteiger partial charge in [-0.15, -0.1) is 0 Å².